The van der Waals surface area contributed by atoms with E-state index in [0.717, 1.165) is 28.8 Å². The van der Waals surface area contributed by atoms with Gasteiger partial charge in [-0.3, -0.25) is 14.6 Å². The summed E-state index contributed by atoms with van der Waals surface area (Å²) in [5.41, 5.74) is 4.05. The zero-order chi connectivity index (χ0) is 17.8. The number of aryl methyl sites for hydroxylation is 2. The van der Waals surface area contributed by atoms with Crippen molar-refractivity contribution >= 4 is 17.5 Å². The van der Waals surface area contributed by atoms with Gasteiger partial charge in [0.1, 0.15) is 0 Å². The normalized spacial score (nSPS) is 18.5. The fraction of sp³-hybridized carbons (Fsp3) is 0.350. The number of hydrogen-bond acceptors (Lipinski definition) is 3. The molecule has 0 saturated heterocycles. The summed E-state index contributed by atoms with van der Waals surface area (Å²) in [5.74, 6) is -0.580. The third-order valence-corrected chi connectivity index (χ3v) is 4.67. The Bertz CT molecular complexity index is 774. The first kappa shape index (κ1) is 17.1. The maximum absolute atomic E-state index is 12.5. The predicted octanol–water partition coefficient (Wildman–Crippen LogP) is 2.84. The molecule has 5 heteroatoms. The number of pyridine rings is 1. The molecule has 0 spiro atoms. The van der Waals surface area contributed by atoms with Gasteiger partial charge in [-0.25, -0.2) is 0 Å². The van der Waals surface area contributed by atoms with Crippen molar-refractivity contribution in [3.8, 4) is 0 Å². The Morgan fingerprint density at radius 2 is 1.84 bits per heavy atom. The lowest BCUT2D eigenvalue weighted by atomic mass is 10.1. The lowest BCUT2D eigenvalue weighted by molar-refractivity contribution is -0.125. The van der Waals surface area contributed by atoms with E-state index in [0.29, 0.717) is 13.0 Å². The fourth-order valence-electron chi connectivity index (χ4n) is 3.01. The molecular formula is C20H23N3O2. The van der Waals surface area contributed by atoms with Crippen LogP contribution in [0.25, 0.3) is 0 Å². The number of nitrogens with one attached hydrogen (secondary N) is 2. The number of hydrogen-bond donors (Lipinski definition) is 2. The van der Waals surface area contributed by atoms with E-state index >= 15 is 0 Å². The molecule has 2 atom stereocenters. The van der Waals surface area contributed by atoms with Gasteiger partial charge in [0.15, 0.2) is 0 Å². The molecule has 1 aliphatic carbocycles. The number of carbonyl (C=O) groups is 2. The van der Waals surface area contributed by atoms with Crippen LogP contribution in [0.4, 0.5) is 5.69 Å². The zero-order valence-electron chi connectivity index (χ0n) is 14.6. The molecule has 2 N–H and O–H groups in total. The average molecular weight is 337 g/mol. The monoisotopic (exact) mass is 337 g/mol. The molecule has 2 amide bonds. The van der Waals surface area contributed by atoms with E-state index in [1.54, 1.807) is 12.4 Å². The molecule has 25 heavy (non-hydrogen) atoms. The van der Waals surface area contributed by atoms with E-state index in [1.165, 1.54) is 0 Å². The highest BCUT2D eigenvalue weighted by atomic mass is 16.2. The van der Waals surface area contributed by atoms with E-state index in [4.69, 9.17) is 0 Å². The van der Waals surface area contributed by atoms with Crippen molar-refractivity contribution in [2.45, 2.75) is 33.2 Å². The first-order chi connectivity index (χ1) is 12.1. The minimum absolute atomic E-state index is 0.0579. The Morgan fingerprint density at radius 1 is 1.12 bits per heavy atom. The van der Waals surface area contributed by atoms with Crippen molar-refractivity contribution in [3.05, 3.63) is 59.4 Å². The molecule has 2 aromatic rings. The second-order valence-corrected chi connectivity index (χ2v) is 6.47. The van der Waals surface area contributed by atoms with Crippen molar-refractivity contribution in [2.24, 2.45) is 11.8 Å². The van der Waals surface area contributed by atoms with Crippen molar-refractivity contribution < 1.29 is 9.59 Å². The van der Waals surface area contributed by atoms with Crippen LogP contribution in [0.5, 0.6) is 0 Å². The van der Waals surface area contributed by atoms with Gasteiger partial charge in [-0.1, -0.05) is 25.1 Å². The minimum atomic E-state index is -0.234. The summed E-state index contributed by atoms with van der Waals surface area (Å²) in [7, 11) is 0. The molecule has 0 bridgehead atoms. The van der Waals surface area contributed by atoms with Gasteiger partial charge in [-0.2, -0.15) is 0 Å². The molecule has 0 aliphatic heterocycles. The highest BCUT2D eigenvalue weighted by Crippen LogP contribution is 2.40. The van der Waals surface area contributed by atoms with Crippen LogP contribution in [0.3, 0.4) is 0 Å². The molecular weight excluding hydrogens is 314 g/mol. The lowest BCUT2D eigenvalue weighted by Crippen LogP contribution is -2.27. The molecule has 3 rings (SSSR count). The molecule has 1 aliphatic rings. The maximum atomic E-state index is 12.5. The van der Waals surface area contributed by atoms with Crippen molar-refractivity contribution in [1.82, 2.24) is 10.3 Å². The Balaban J connectivity index is 1.55. The van der Waals surface area contributed by atoms with Crippen molar-refractivity contribution in [3.63, 3.8) is 0 Å². The summed E-state index contributed by atoms with van der Waals surface area (Å²) in [5, 5.41) is 5.92. The molecule has 0 radical (unpaired) electrons. The van der Waals surface area contributed by atoms with Crippen LogP contribution < -0.4 is 10.6 Å². The summed E-state index contributed by atoms with van der Waals surface area (Å²) in [4.78, 5) is 28.7. The summed E-state index contributed by atoms with van der Waals surface area (Å²) >= 11 is 0. The quantitative estimate of drug-likeness (QED) is 0.851. The highest BCUT2D eigenvalue weighted by Gasteiger charge is 2.48. The van der Waals surface area contributed by atoms with Crippen molar-refractivity contribution in [2.75, 3.05) is 5.32 Å². The van der Waals surface area contributed by atoms with E-state index in [-0.39, 0.29) is 23.7 Å². The largest absolute Gasteiger partial charge is 0.352 e. The molecule has 1 aromatic heterocycles. The number of aromatic nitrogens is 1. The number of benzene rings is 1. The molecule has 1 saturated carbocycles. The smallest absolute Gasteiger partial charge is 0.228 e. The fourth-order valence-corrected chi connectivity index (χ4v) is 3.01. The molecule has 130 valence electrons. The Morgan fingerprint density at radius 3 is 2.56 bits per heavy atom. The molecule has 1 aromatic carbocycles. The number of nitrogens with zero attached hydrogens (tertiary/aromatic N) is 1. The SMILES string of the molecule is CCc1cccc(C)c1NC(=O)C1CC1C(=O)NCc1ccncc1. The van der Waals surface area contributed by atoms with Crippen LogP contribution in [0, 0.1) is 18.8 Å². The van der Waals surface area contributed by atoms with E-state index in [2.05, 4.69) is 22.5 Å². The molecule has 1 heterocycles. The molecule has 1 fully saturated rings. The lowest BCUT2D eigenvalue weighted by Gasteiger charge is -2.13. The van der Waals surface area contributed by atoms with Gasteiger partial charge in [0, 0.05) is 24.6 Å². The number of amides is 2. The second-order valence-electron chi connectivity index (χ2n) is 6.47. The summed E-state index contributed by atoms with van der Waals surface area (Å²) < 4.78 is 0. The maximum Gasteiger partial charge on any atom is 0.228 e. The van der Waals surface area contributed by atoms with Crippen LogP contribution in [0.15, 0.2) is 42.7 Å². The summed E-state index contributed by atoms with van der Waals surface area (Å²) in [6, 6.07) is 9.73. The van der Waals surface area contributed by atoms with E-state index < -0.39 is 0 Å². The van der Waals surface area contributed by atoms with E-state index in [9.17, 15) is 9.59 Å². The summed E-state index contributed by atoms with van der Waals surface area (Å²) in [6.07, 6.45) is 4.86. The van der Waals surface area contributed by atoms with Gasteiger partial charge in [0.2, 0.25) is 11.8 Å². The number of para-hydroxylation sites is 1. The van der Waals surface area contributed by atoms with Crippen LogP contribution in [-0.2, 0) is 22.6 Å². The summed E-state index contributed by atoms with van der Waals surface area (Å²) in [6.45, 7) is 4.52. The Kier molecular flexibility index (Phi) is 5.12. The predicted molar refractivity (Wildman–Crippen MR) is 96.9 cm³/mol. The van der Waals surface area contributed by atoms with Crippen LogP contribution in [-0.4, -0.2) is 16.8 Å². The van der Waals surface area contributed by atoms with Crippen molar-refractivity contribution in [1.29, 1.82) is 0 Å². The molecule has 2 unspecified atom stereocenters. The number of carbonyl (C=O) groups excluding carboxylic acids is 2. The third-order valence-electron chi connectivity index (χ3n) is 4.67. The van der Waals surface area contributed by atoms with Crippen LogP contribution in [0.1, 0.15) is 30.0 Å². The zero-order valence-corrected chi connectivity index (χ0v) is 14.6. The first-order valence-electron chi connectivity index (χ1n) is 8.66. The van der Waals surface area contributed by atoms with Gasteiger partial charge < -0.3 is 10.6 Å². The Labute approximate surface area is 147 Å². The van der Waals surface area contributed by atoms with Gasteiger partial charge in [0.25, 0.3) is 0 Å². The number of anilines is 1. The highest BCUT2D eigenvalue weighted by molar-refractivity contribution is 6.00. The second kappa shape index (κ2) is 7.47. The first-order valence-corrected chi connectivity index (χ1v) is 8.66. The minimum Gasteiger partial charge on any atom is -0.352 e. The van der Waals surface area contributed by atoms with Gasteiger partial charge in [-0.15, -0.1) is 0 Å². The Hall–Kier alpha value is -2.69. The average Bonchev–Trinajstić information content (AvgIpc) is 3.43. The molecule has 5 nitrogen and oxygen atoms in total. The van der Waals surface area contributed by atoms with Gasteiger partial charge in [-0.05, 0) is 48.6 Å². The number of rotatable bonds is 6. The standard InChI is InChI=1S/C20H23N3O2/c1-3-15-6-4-5-13(2)18(15)23-20(25)17-11-16(17)19(24)22-12-14-7-9-21-10-8-14/h4-10,16-17H,3,11-12H2,1-2H3,(H,22,24)(H,23,25). The van der Waals surface area contributed by atoms with Crippen LogP contribution >= 0.6 is 0 Å². The third kappa shape index (κ3) is 4.05. The van der Waals surface area contributed by atoms with E-state index in [1.807, 2.05) is 37.3 Å². The van der Waals surface area contributed by atoms with Gasteiger partial charge in [0.05, 0.1) is 11.8 Å². The van der Waals surface area contributed by atoms with Crippen LogP contribution in [0.2, 0.25) is 0 Å². The van der Waals surface area contributed by atoms with Gasteiger partial charge >= 0.3 is 0 Å². The topological polar surface area (TPSA) is 71.1 Å².